The maximum atomic E-state index is 13.9. The van der Waals surface area contributed by atoms with Gasteiger partial charge in [-0.25, -0.2) is 4.39 Å². The zero-order valence-electron chi connectivity index (χ0n) is 13.9. The fraction of sp³-hybridized carbons (Fsp3) is 0.556. The topological polar surface area (TPSA) is 60.2 Å². The van der Waals surface area contributed by atoms with Gasteiger partial charge in [-0.2, -0.15) is 5.26 Å². The van der Waals surface area contributed by atoms with Gasteiger partial charge in [0.15, 0.2) is 5.96 Å². The molecule has 0 aromatic heterocycles. The molecule has 2 unspecified atom stereocenters. The third-order valence-electron chi connectivity index (χ3n) is 4.55. The number of aliphatic imine (C=N–C) groups is 1. The second-order valence-electron chi connectivity index (χ2n) is 6.13. The maximum Gasteiger partial charge on any atom is 0.191 e. The van der Waals surface area contributed by atoms with Crippen molar-refractivity contribution in [3.63, 3.8) is 0 Å². The highest BCUT2D eigenvalue weighted by Crippen LogP contribution is 2.26. The standard InChI is InChI=1S/C18H25FN4/c1-3-13-5-4-6-16(9-13)23-18(21-2)22-12-15-8-7-14(11-20)10-17(15)19/h7-8,10,13,16H,3-6,9,12H2,1-2H3,(H2,21,22,23). The lowest BCUT2D eigenvalue weighted by atomic mass is 9.84. The van der Waals surface area contributed by atoms with E-state index in [2.05, 4.69) is 22.5 Å². The van der Waals surface area contributed by atoms with Gasteiger partial charge in [0.1, 0.15) is 5.82 Å². The molecule has 0 saturated heterocycles. The Hall–Kier alpha value is -2.09. The molecule has 124 valence electrons. The number of guanidine groups is 1. The average molecular weight is 316 g/mol. The fourth-order valence-electron chi connectivity index (χ4n) is 3.12. The van der Waals surface area contributed by atoms with Gasteiger partial charge in [-0.1, -0.05) is 32.3 Å². The smallest absolute Gasteiger partial charge is 0.191 e. The molecular weight excluding hydrogens is 291 g/mol. The molecule has 2 N–H and O–H groups in total. The summed E-state index contributed by atoms with van der Waals surface area (Å²) in [7, 11) is 1.73. The summed E-state index contributed by atoms with van der Waals surface area (Å²) in [6.45, 7) is 2.59. The zero-order valence-corrected chi connectivity index (χ0v) is 13.9. The molecule has 0 heterocycles. The number of benzene rings is 1. The van der Waals surface area contributed by atoms with Gasteiger partial charge in [-0.15, -0.1) is 0 Å². The fourth-order valence-corrected chi connectivity index (χ4v) is 3.12. The van der Waals surface area contributed by atoms with Crippen molar-refractivity contribution in [1.29, 1.82) is 5.26 Å². The van der Waals surface area contributed by atoms with Crippen molar-refractivity contribution in [3.8, 4) is 6.07 Å². The molecule has 23 heavy (non-hydrogen) atoms. The van der Waals surface area contributed by atoms with Crippen LogP contribution in [0.3, 0.4) is 0 Å². The molecule has 1 saturated carbocycles. The van der Waals surface area contributed by atoms with Crippen molar-refractivity contribution in [3.05, 3.63) is 35.1 Å². The van der Waals surface area contributed by atoms with Crippen LogP contribution in [0.2, 0.25) is 0 Å². The van der Waals surface area contributed by atoms with Crippen LogP contribution in [-0.4, -0.2) is 19.0 Å². The van der Waals surface area contributed by atoms with Gasteiger partial charge >= 0.3 is 0 Å². The summed E-state index contributed by atoms with van der Waals surface area (Å²) in [5, 5.41) is 15.4. The normalized spacial score (nSPS) is 21.6. The lowest BCUT2D eigenvalue weighted by Crippen LogP contribution is -2.45. The molecule has 1 aromatic rings. The predicted octanol–water partition coefficient (Wildman–Crippen LogP) is 3.33. The molecule has 4 nitrogen and oxygen atoms in total. The van der Waals surface area contributed by atoms with Crippen LogP contribution in [0.1, 0.15) is 50.2 Å². The van der Waals surface area contributed by atoms with Crippen LogP contribution in [-0.2, 0) is 6.54 Å². The summed E-state index contributed by atoms with van der Waals surface area (Å²) < 4.78 is 13.9. The first-order valence-corrected chi connectivity index (χ1v) is 8.32. The monoisotopic (exact) mass is 316 g/mol. The molecule has 0 aliphatic heterocycles. The highest BCUT2D eigenvalue weighted by Gasteiger charge is 2.21. The van der Waals surface area contributed by atoms with E-state index in [-0.39, 0.29) is 5.82 Å². The molecule has 2 atom stereocenters. The molecular formula is C18H25FN4. The molecule has 1 aromatic carbocycles. The minimum atomic E-state index is -0.365. The number of hydrogen-bond acceptors (Lipinski definition) is 2. The maximum absolute atomic E-state index is 13.9. The van der Waals surface area contributed by atoms with Crippen LogP contribution in [0.15, 0.2) is 23.2 Å². The van der Waals surface area contributed by atoms with Crippen LogP contribution in [0, 0.1) is 23.1 Å². The van der Waals surface area contributed by atoms with E-state index in [0.717, 1.165) is 12.3 Å². The minimum absolute atomic E-state index is 0.335. The van der Waals surface area contributed by atoms with Crippen LogP contribution in [0.4, 0.5) is 4.39 Å². The number of nitrogens with one attached hydrogen (secondary N) is 2. The molecule has 1 fully saturated rings. The van der Waals surface area contributed by atoms with Crippen LogP contribution < -0.4 is 10.6 Å². The molecule has 0 spiro atoms. The number of nitrogens with zero attached hydrogens (tertiary/aromatic N) is 2. The molecule has 1 aliphatic carbocycles. The molecule has 5 heteroatoms. The third kappa shape index (κ3) is 4.95. The second kappa shape index (κ2) is 8.52. The number of rotatable bonds is 4. The van der Waals surface area contributed by atoms with Gasteiger partial charge in [0, 0.05) is 25.2 Å². The first-order valence-electron chi connectivity index (χ1n) is 8.32. The van der Waals surface area contributed by atoms with E-state index in [4.69, 9.17) is 5.26 Å². The van der Waals surface area contributed by atoms with Gasteiger partial charge in [-0.3, -0.25) is 4.99 Å². The second-order valence-corrected chi connectivity index (χ2v) is 6.13. The van der Waals surface area contributed by atoms with Gasteiger partial charge in [0.05, 0.1) is 11.6 Å². The summed E-state index contributed by atoms with van der Waals surface area (Å²) in [6.07, 6.45) is 6.11. The summed E-state index contributed by atoms with van der Waals surface area (Å²) in [6, 6.07) is 6.91. The largest absolute Gasteiger partial charge is 0.354 e. The molecule has 0 amide bonds. The Morgan fingerprint density at radius 3 is 2.91 bits per heavy atom. The SMILES string of the molecule is CCC1CCCC(NC(=NC)NCc2ccc(C#N)cc2F)C1. The van der Waals surface area contributed by atoms with Crippen molar-refractivity contribution in [2.75, 3.05) is 7.05 Å². The van der Waals surface area contributed by atoms with E-state index in [0.29, 0.717) is 29.7 Å². The summed E-state index contributed by atoms with van der Waals surface area (Å²) in [5.41, 5.74) is 0.864. The van der Waals surface area contributed by atoms with Gasteiger partial charge in [0.25, 0.3) is 0 Å². The number of hydrogen-bond donors (Lipinski definition) is 2. The Bertz CT molecular complexity index is 591. The Balaban J connectivity index is 1.89. The lowest BCUT2D eigenvalue weighted by Gasteiger charge is -2.30. The van der Waals surface area contributed by atoms with E-state index in [1.807, 2.05) is 6.07 Å². The average Bonchev–Trinajstić information content (AvgIpc) is 2.59. The van der Waals surface area contributed by atoms with Crippen molar-refractivity contribution in [2.24, 2.45) is 10.9 Å². The summed E-state index contributed by atoms with van der Waals surface area (Å²) in [4.78, 5) is 4.23. The third-order valence-corrected chi connectivity index (χ3v) is 4.55. The first kappa shape index (κ1) is 17.3. The van der Waals surface area contributed by atoms with Crippen molar-refractivity contribution < 1.29 is 4.39 Å². The quantitative estimate of drug-likeness (QED) is 0.661. The van der Waals surface area contributed by atoms with Crippen LogP contribution >= 0.6 is 0 Å². The molecule has 1 aliphatic rings. The number of nitriles is 1. The van der Waals surface area contributed by atoms with E-state index < -0.39 is 0 Å². The number of halogens is 1. The van der Waals surface area contributed by atoms with Gasteiger partial charge in [0.2, 0.25) is 0 Å². The highest BCUT2D eigenvalue weighted by atomic mass is 19.1. The zero-order chi connectivity index (χ0) is 16.7. The van der Waals surface area contributed by atoms with Gasteiger partial charge < -0.3 is 10.6 Å². The Morgan fingerprint density at radius 2 is 2.26 bits per heavy atom. The van der Waals surface area contributed by atoms with Crippen molar-refractivity contribution in [2.45, 2.75) is 51.6 Å². The summed E-state index contributed by atoms with van der Waals surface area (Å²) >= 11 is 0. The molecule has 0 bridgehead atoms. The predicted molar refractivity (Wildman–Crippen MR) is 90.5 cm³/mol. The Morgan fingerprint density at radius 1 is 1.43 bits per heavy atom. The van der Waals surface area contributed by atoms with E-state index >= 15 is 0 Å². The van der Waals surface area contributed by atoms with Crippen LogP contribution in [0.5, 0.6) is 0 Å². The van der Waals surface area contributed by atoms with E-state index in [1.54, 1.807) is 19.2 Å². The van der Waals surface area contributed by atoms with Crippen molar-refractivity contribution >= 4 is 5.96 Å². The molecule has 2 rings (SSSR count). The van der Waals surface area contributed by atoms with Gasteiger partial charge in [-0.05, 0) is 30.9 Å². The lowest BCUT2D eigenvalue weighted by molar-refractivity contribution is 0.298. The van der Waals surface area contributed by atoms with E-state index in [9.17, 15) is 4.39 Å². The van der Waals surface area contributed by atoms with Crippen LogP contribution in [0.25, 0.3) is 0 Å². The molecule has 0 radical (unpaired) electrons. The van der Waals surface area contributed by atoms with Crippen molar-refractivity contribution in [1.82, 2.24) is 10.6 Å². The minimum Gasteiger partial charge on any atom is -0.354 e. The first-order chi connectivity index (χ1) is 11.2. The summed E-state index contributed by atoms with van der Waals surface area (Å²) in [5.74, 6) is 1.13. The Labute approximate surface area is 137 Å². The van der Waals surface area contributed by atoms with E-state index in [1.165, 1.54) is 31.7 Å². The Kier molecular flexibility index (Phi) is 6.40. The highest BCUT2D eigenvalue weighted by molar-refractivity contribution is 5.79.